The Kier molecular flexibility index (Phi) is 5.46. The van der Waals surface area contributed by atoms with Crippen molar-refractivity contribution in [1.82, 2.24) is 19.5 Å². The number of fused-ring (bicyclic) bond motifs is 1. The lowest BCUT2D eigenvalue weighted by atomic mass is 10.0. The van der Waals surface area contributed by atoms with E-state index in [0.717, 1.165) is 0 Å². The number of hydrogen-bond acceptors (Lipinski definition) is 7. The number of aryl methyl sites for hydroxylation is 1. The Morgan fingerprint density at radius 3 is 2.88 bits per heavy atom. The van der Waals surface area contributed by atoms with Crippen LogP contribution >= 0.6 is 8.25 Å². The molecule has 0 aromatic carbocycles. The van der Waals surface area contributed by atoms with E-state index in [9.17, 15) is 14.5 Å². The van der Waals surface area contributed by atoms with Crippen LogP contribution in [0.3, 0.4) is 0 Å². The maximum atomic E-state index is 11.9. The van der Waals surface area contributed by atoms with E-state index in [-0.39, 0.29) is 36.7 Å². The highest BCUT2D eigenvalue weighted by Crippen LogP contribution is 2.40. The third-order valence-corrected chi connectivity index (χ3v) is 4.34. The zero-order chi connectivity index (χ0) is 16.7. The average Bonchev–Trinajstić information content (AvgIpc) is 3.01. The van der Waals surface area contributed by atoms with Gasteiger partial charge in [-0.1, -0.05) is 14.4 Å². The van der Waals surface area contributed by atoms with Crippen LogP contribution in [-0.4, -0.2) is 48.3 Å². The summed E-state index contributed by atoms with van der Waals surface area (Å²) in [6, 6.07) is 0. The van der Waals surface area contributed by atoms with Crippen LogP contribution in [0.2, 0.25) is 0 Å². The average molecular weight is 359 g/mol. The van der Waals surface area contributed by atoms with Crippen molar-refractivity contribution in [2.75, 3.05) is 6.61 Å². The van der Waals surface area contributed by atoms with Crippen molar-refractivity contribution in [2.45, 2.75) is 39.7 Å². The molecule has 2 aromatic heterocycles. The Bertz CT molecular complexity index is 805. The molecule has 1 aliphatic rings. The van der Waals surface area contributed by atoms with Crippen LogP contribution in [0, 0.1) is 12.8 Å². The largest absolute Gasteiger partial charge is 0.695 e. The first-order valence-electron chi connectivity index (χ1n) is 6.95. The summed E-state index contributed by atoms with van der Waals surface area (Å²) < 4.78 is 23.4. The van der Waals surface area contributed by atoms with Gasteiger partial charge >= 0.3 is 8.25 Å². The predicted octanol–water partition coefficient (Wildman–Crippen LogP) is 0.625. The van der Waals surface area contributed by atoms with Gasteiger partial charge in [0, 0.05) is 10.5 Å². The standard InChI is InChI=1S/C12H15N4O6P.CH4/c1-5-7(3-17)21-12(9(5)22-23(19)20)16-4-13-8-10(16)14-6(2)15-11(8)18;/h4-5,7,9,12,17H,3H2,1-2H3,(H-,14,15,18,19,20);1H4/p+1/t5-,7+,9?,12+;/m0./s1. The molecule has 2 aromatic rings. The van der Waals surface area contributed by atoms with E-state index < -0.39 is 26.7 Å². The Labute approximate surface area is 138 Å². The van der Waals surface area contributed by atoms with E-state index in [1.54, 1.807) is 13.8 Å². The molecular formula is C13H20N4O6P+. The van der Waals surface area contributed by atoms with Crippen LogP contribution in [0.4, 0.5) is 0 Å². The maximum Gasteiger partial charge on any atom is 0.695 e. The zero-order valence-electron chi connectivity index (χ0n) is 12.4. The van der Waals surface area contributed by atoms with E-state index in [1.165, 1.54) is 10.9 Å². The topological polar surface area (TPSA) is 140 Å². The van der Waals surface area contributed by atoms with E-state index in [4.69, 9.17) is 14.2 Å². The Balaban J connectivity index is 0.00000208. The van der Waals surface area contributed by atoms with Gasteiger partial charge in [-0.3, -0.25) is 9.36 Å². The molecule has 2 unspecified atom stereocenters. The second kappa shape index (κ2) is 7.04. The number of nitrogens with zero attached hydrogens (tertiary/aromatic N) is 3. The lowest BCUT2D eigenvalue weighted by Crippen LogP contribution is -2.27. The summed E-state index contributed by atoms with van der Waals surface area (Å²) in [5, 5.41) is 9.39. The molecular weight excluding hydrogens is 339 g/mol. The number of ether oxygens (including phenoxy) is 1. The smallest absolute Gasteiger partial charge is 0.394 e. The minimum Gasteiger partial charge on any atom is -0.394 e. The second-order valence-electron chi connectivity index (χ2n) is 5.39. The van der Waals surface area contributed by atoms with Crippen molar-refractivity contribution in [1.29, 1.82) is 0 Å². The maximum absolute atomic E-state index is 11.9. The van der Waals surface area contributed by atoms with Gasteiger partial charge in [-0.25, -0.2) is 9.97 Å². The highest BCUT2D eigenvalue weighted by Gasteiger charge is 2.48. The summed E-state index contributed by atoms with van der Waals surface area (Å²) in [6.45, 7) is 3.11. The molecule has 3 heterocycles. The number of rotatable bonds is 4. The van der Waals surface area contributed by atoms with Crippen molar-refractivity contribution in [3.8, 4) is 0 Å². The molecule has 10 nitrogen and oxygen atoms in total. The molecule has 0 spiro atoms. The molecule has 0 aliphatic carbocycles. The van der Waals surface area contributed by atoms with Crippen LogP contribution in [0.15, 0.2) is 11.1 Å². The number of aliphatic hydroxyl groups excluding tert-OH is 1. The minimum atomic E-state index is -2.85. The van der Waals surface area contributed by atoms with Crippen molar-refractivity contribution in [2.24, 2.45) is 5.92 Å². The SMILES string of the molecule is C.Cc1nc2c(ncn2[C@@H]2O[C@H](CO)[C@H](C)C2O[P+](=O)O)c(=O)[nH]1. The van der Waals surface area contributed by atoms with E-state index in [0.29, 0.717) is 5.82 Å². The van der Waals surface area contributed by atoms with Gasteiger partial charge in [0.2, 0.25) is 0 Å². The normalized spacial score (nSPS) is 27.2. The number of aromatic nitrogens is 4. The Morgan fingerprint density at radius 2 is 2.25 bits per heavy atom. The second-order valence-corrected chi connectivity index (χ2v) is 6.08. The predicted molar refractivity (Wildman–Crippen MR) is 84.5 cm³/mol. The Hall–Kier alpha value is -1.71. The Morgan fingerprint density at radius 1 is 1.54 bits per heavy atom. The highest BCUT2D eigenvalue weighted by molar-refractivity contribution is 7.32. The summed E-state index contributed by atoms with van der Waals surface area (Å²) in [5.74, 6) is 0.0661. The number of aliphatic hydroxyl groups is 1. The number of hydrogen-bond donors (Lipinski definition) is 3. The van der Waals surface area contributed by atoms with Crippen LogP contribution in [0.1, 0.15) is 26.4 Å². The van der Waals surface area contributed by atoms with Crippen LogP contribution in [-0.2, 0) is 13.8 Å². The summed E-state index contributed by atoms with van der Waals surface area (Å²) in [4.78, 5) is 31.8. The molecule has 0 bridgehead atoms. The molecule has 1 saturated heterocycles. The summed E-state index contributed by atoms with van der Waals surface area (Å²) in [6.07, 6.45) is -0.823. The molecule has 24 heavy (non-hydrogen) atoms. The molecule has 0 amide bonds. The van der Waals surface area contributed by atoms with Gasteiger partial charge in [0.25, 0.3) is 5.56 Å². The van der Waals surface area contributed by atoms with Crippen molar-refractivity contribution >= 4 is 19.4 Å². The van der Waals surface area contributed by atoms with Gasteiger partial charge in [0.05, 0.1) is 19.0 Å². The van der Waals surface area contributed by atoms with E-state index in [1.807, 2.05) is 0 Å². The zero-order valence-corrected chi connectivity index (χ0v) is 13.3. The first-order valence-corrected chi connectivity index (χ1v) is 8.08. The molecule has 1 fully saturated rings. The van der Waals surface area contributed by atoms with Gasteiger partial charge in [0.1, 0.15) is 5.82 Å². The minimum absolute atomic E-state index is 0. The van der Waals surface area contributed by atoms with Crippen LogP contribution < -0.4 is 5.56 Å². The van der Waals surface area contributed by atoms with Crippen molar-refractivity contribution < 1.29 is 23.8 Å². The number of H-pyrrole nitrogens is 1. The van der Waals surface area contributed by atoms with Crippen molar-refractivity contribution in [3.05, 3.63) is 22.5 Å². The fourth-order valence-electron chi connectivity index (χ4n) is 2.76. The molecule has 1 aliphatic heterocycles. The first-order chi connectivity index (χ1) is 10.9. The summed E-state index contributed by atoms with van der Waals surface area (Å²) in [7, 11) is -2.85. The highest BCUT2D eigenvalue weighted by atomic mass is 31.1. The number of nitrogens with one attached hydrogen (secondary N) is 1. The van der Waals surface area contributed by atoms with Gasteiger partial charge in [0.15, 0.2) is 23.5 Å². The fraction of sp³-hybridized carbons (Fsp3) is 0.615. The molecule has 3 N–H and O–H groups in total. The lowest BCUT2D eigenvalue weighted by molar-refractivity contribution is -0.0450. The van der Waals surface area contributed by atoms with Crippen LogP contribution in [0.5, 0.6) is 0 Å². The van der Waals surface area contributed by atoms with Crippen LogP contribution in [0.25, 0.3) is 11.2 Å². The summed E-state index contributed by atoms with van der Waals surface area (Å²) >= 11 is 0. The van der Waals surface area contributed by atoms with Gasteiger partial charge in [-0.15, -0.1) is 9.42 Å². The van der Waals surface area contributed by atoms with E-state index >= 15 is 0 Å². The molecule has 132 valence electrons. The molecule has 3 rings (SSSR count). The monoisotopic (exact) mass is 359 g/mol. The van der Waals surface area contributed by atoms with Gasteiger partial charge in [-0.2, -0.15) is 0 Å². The van der Waals surface area contributed by atoms with Crippen molar-refractivity contribution in [3.63, 3.8) is 0 Å². The van der Waals surface area contributed by atoms with Gasteiger partial charge < -0.3 is 14.8 Å². The number of aromatic amines is 1. The lowest BCUT2D eigenvalue weighted by Gasteiger charge is -2.16. The molecule has 0 radical (unpaired) electrons. The molecule has 5 atom stereocenters. The fourth-order valence-corrected chi connectivity index (χ4v) is 3.26. The van der Waals surface area contributed by atoms with E-state index in [2.05, 4.69) is 15.0 Å². The molecule has 11 heteroatoms. The molecule has 0 saturated carbocycles. The third-order valence-electron chi connectivity index (χ3n) is 3.92. The third kappa shape index (κ3) is 3.11. The van der Waals surface area contributed by atoms with Gasteiger partial charge in [-0.05, 0) is 6.92 Å². The first kappa shape index (κ1) is 18.6. The number of imidazole rings is 1. The summed E-state index contributed by atoms with van der Waals surface area (Å²) in [5.41, 5.74) is 0.0250. The quantitative estimate of drug-likeness (QED) is 0.675.